The fourth-order valence-corrected chi connectivity index (χ4v) is 2.66. The molecule has 1 heterocycles. The molecule has 1 saturated heterocycles. The fraction of sp³-hybridized carbons (Fsp3) is 0.533. The Morgan fingerprint density at radius 1 is 1.35 bits per heavy atom. The molecule has 2 rings (SSSR count). The lowest BCUT2D eigenvalue weighted by molar-refractivity contribution is 0.0223. The molecule has 1 fully saturated rings. The van der Waals surface area contributed by atoms with Crippen molar-refractivity contribution in [3.63, 3.8) is 0 Å². The first-order valence-electron chi connectivity index (χ1n) is 6.77. The molecule has 2 atom stereocenters. The number of likely N-dealkylation sites (tertiary alicyclic amines) is 1. The van der Waals surface area contributed by atoms with Crippen molar-refractivity contribution in [2.75, 3.05) is 6.54 Å². The lowest BCUT2D eigenvalue weighted by Gasteiger charge is -2.28. The number of hydrogen-bond acceptors (Lipinski definition) is 3. The van der Waals surface area contributed by atoms with Gasteiger partial charge in [0.15, 0.2) is 0 Å². The molecule has 0 spiro atoms. The number of halogens is 1. The highest BCUT2D eigenvalue weighted by atomic mass is 79.9. The van der Waals surface area contributed by atoms with Gasteiger partial charge in [-0.1, -0.05) is 28.1 Å². The number of benzene rings is 1. The zero-order valence-corrected chi connectivity index (χ0v) is 13.7. The molecule has 0 aromatic heterocycles. The summed E-state index contributed by atoms with van der Waals surface area (Å²) in [5.41, 5.74) is 6.62. The Balaban J connectivity index is 2.18. The minimum absolute atomic E-state index is 0.00355. The number of ether oxygens (including phenoxy) is 1. The van der Waals surface area contributed by atoms with Crippen LogP contribution in [0, 0.1) is 0 Å². The van der Waals surface area contributed by atoms with Gasteiger partial charge in [0.05, 0.1) is 6.04 Å². The lowest BCUT2D eigenvalue weighted by atomic mass is 10.0. The van der Waals surface area contributed by atoms with Crippen LogP contribution in [0.15, 0.2) is 28.7 Å². The average Bonchev–Trinajstić information content (AvgIpc) is 2.70. The summed E-state index contributed by atoms with van der Waals surface area (Å²) in [6.45, 7) is 6.15. The summed E-state index contributed by atoms with van der Waals surface area (Å²) in [7, 11) is 0. The predicted octanol–water partition coefficient (Wildman–Crippen LogP) is 3.46. The van der Waals surface area contributed by atoms with Gasteiger partial charge >= 0.3 is 6.09 Å². The molecule has 0 saturated carbocycles. The highest BCUT2D eigenvalue weighted by Gasteiger charge is 2.36. The minimum atomic E-state index is -0.492. The Labute approximate surface area is 128 Å². The summed E-state index contributed by atoms with van der Waals surface area (Å²) in [6, 6.07) is 7.98. The van der Waals surface area contributed by atoms with Gasteiger partial charge in [0.1, 0.15) is 5.60 Å². The van der Waals surface area contributed by atoms with Crippen LogP contribution in [0.25, 0.3) is 0 Å². The van der Waals surface area contributed by atoms with Crippen molar-refractivity contribution >= 4 is 22.0 Å². The first kappa shape index (κ1) is 15.3. The van der Waals surface area contributed by atoms with Crippen molar-refractivity contribution in [1.82, 2.24) is 4.90 Å². The van der Waals surface area contributed by atoms with E-state index in [0.717, 1.165) is 16.5 Å². The van der Waals surface area contributed by atoms with Crippen molar-refractivity contribution in [2.24, 2.45) is 5.73 Å². The molecule has 1 aliphatic heterocycles. The van der Waals surface area contributed by atoms with Crippen LogP contribution in [0.3, 0.4) is 0 Å². The summed E-state index contributed by atoms with van der Waals surface area (Å²) < 4.78 is 6.49. The lowest BCUT2D eigenvalue weighted by Crippen LogP contribution is -2.38. The number of carbonyl (C=O) groups excluding carboxylic acids is 1. The highest BCUT2D eigenvalue weighted by Crippen LogP contribution is 2.33. The first-order chi connectivity index (χ1) is 9.26. The third-order valence-electron chi connectivity index (χ3n) is 3.22. The van der Waals surface area contributed by atoms with E-state index in [4.69, 9.17) is 10.5 Å². The molecule has 4 nitrogen and oxygen atoms in total. The molecular weight excluding hydrogens is 320 g/mol. The maximum absolute atomic E-state index is 12.3. The number of carbonyl (C=O) groups is 1. The second-order valence-corrected chi connectivity index (χ2v) is 7.11. The molecule has 5 heteroatoms. The molecule has 2 N–H and O–H groups in total. The summed E-state index contributed by atoms with van der Waals surface area (Å²) in [5, 5.41) is 0. The molecule has 2 unspecified atom stereocenters. The normalized spacial score (nSPS) is 22.9. The topological polar surface area (TPSA) is 55.6 Å². The van der Waals surface area contributed by atoms with Gasteiger partial charge in [0.2, 0.25) is 0 Å². The van der Waals surface area contributed by atoms with Crippen LogP contribution in [0.2, 0.25) is 0 Å². The fourth-order valence-electron chi connectivity index (χ4n) is 2.39. The Hall–Kier alpha value is -1.07. The van der Waals surface area contributed by atoms with E-state index in [2.05, 4.69) is 15.9 Å². The SMILES string of the molecule is CC(C)(C)OC(=O)N1CC(N)CC1c1ccc(Br)cc1. The summed E-state index contributed by atoms with van der Waals surface area (Å²) in [6.07, 6.45) is 0.472. The Morgan fingerprint density at radius 2 is 1.95 bits per heavy atom. The number of nitrogens with two attached hydrogens (primary N) is 1. The molecule has 0 aliphatic carbocycles. The van der Waals surface area contributed by atoms with E-state index in [1.54, 1.807) is 4.90 Å². The molecule has 1 aromatic rings. The van der Waals surface area contributed by atoms with Gasteiger partial charge in [-0.15, -0.1) is 0 Å². The van der Waals surface area contributed by atoms with Crippen molar-refractivity contribution in [3.05, 3.63) is 34.3 Å². The third-order valence-corrected chi connectivity index (χ3v) is 3.74. The largest absolute Gasteiger partial charge is 0.444 e. The standard InChI is InChI=1S/C15H21BrN2O2/c1-15(2,3)20-14(19)18-9-12(17)8-13(18)10-4-6-11(16)7-5-10/h4-7,12-13H,8-9,17H2,1-3H3. The van der Waals surface area contributed by atoms with Crippen LogP contribution in [-0.2, 0) is 4.74 Å². The van der Waals surface area contributed by atoms with Crippen molar-refractivity contribution in [2.45, 2.75) is 44.9 Å². The maximum Gasteiger partial charge on any atom is 0.410 e. The van der Waals surface area contributed by atoms with E-state index < -0.39 is 5.60 Å². The highest BCUT2D eigenvalue weighted by molar-refractivity contribution is 9.10. The molecule has 1 amide bonds. The summed E-state index contributed by atoms with van der Waals surface area (Å²) >= 11 is 3.42. The van der Waals surface area contributed by atoms with Crippen LogP contribution < -0.4 is 5.73 Å². The monoisotopic (exact) mass is 340 g/mol. The maximum atomic E-state index is 12.3. The van der Waals surface area contributed by atoms with E-state index >= 15 is 0 Å². The first-order valence-corrected chi connectivity index (χ1v) is 7.56. The molecule has 1 aromatic carbocycles. The van der Waals surface area contributed by atoms with Gasteiger partial charge in [-0.3, -0.25) is 4.90 Å². The Morgan fingerprint density at radius 3 is 2.50 bits per heavy atom. The number of amides is 1. The van der Waals surface area contributed by atoms with Crippen molar-refractivity contribution in [3.8, 4) is 0 Å². The Kier molecular flexibility index (Phi) is 4.39. The molecule has 0 radical (unpaired) electrons. The van der Waals surface area contributed by atoms with Gasteiger partial charge < -0.3 is 10.5 Å². The predicted molar refractivity (Wildman–Crippen MR) is 82.4 cm³/mol. The van der Waals surface area contributed by atoms with E-state index in [9.17, 15) is 4.79 Å². The van der Waals surface area contributed by atoms with Crippen molar-refractivity contribution < 1.29 is 9.53 Å². The van der Waals surface area contributed by atoms with Gasteiger partial charge in [-0.2, -0.15) is 0 Å². The van der Waals surface area contributed by atoms with Gasteiger partial charge in [-0.05, 0) is 44.9 Å². The quantitative estimate of drug-likeness (QED) is 0.851. The van der Waals surface area contributed by atoms with E-state index in [1.165, 1.54) is 0 Å². The smallest absolute Gasteiger partial charge is 0.410 e. The van der Waals surface area contributed by atoms with E-state index in [0.29, 0.717) is 6.54 Å². The second kappa shape index (κ2) is 5.74. The van der Waals surface area contributed by atoms with Gasteiger partial charge in [0.25, 0.3) is 0 Å². The number of nitrogens with zero attached hydrogens (tertiary/aromatic N) is 1. The van der Waals surface area contributed by atoms with Crippen LogP contribution >= 0.6 is 15.9 Å². The van der Waals surface area contributed by atoms with E-state index in [1.807, 2.05) is 45.0 Å². The minimum Gasteiger partial charge on any atom is -0.444 e. The van der Waals surface area contributed by atoms with Crippen molar-refractivity contribution in [1.29, 1.82) is 0 Å². The van der Waals surface area contributed by atoms with Crippen LogP contribution in [0.1, 0.15) is 38.8 Å². The number of hydrogen-bond donors (Lipinski definition) is 1. The third kappa shape index (κ3) is 3.73. The Bertz CT molecular complexity index is 482. The average molecular weight is 341 g/mol. The summed E-state index contributed by atoms with van der Waals surface area (Å²) in [5.74, 6) is 0. The zero-order chi connectivity index (χ0) is 14.9. The van der Waals surface area contributed by atoms with Gasteiger partial charge in [-0.25, -0.2) is 4.79 Å². The zero-order valence-electron chi connectivity index (χ0n) is 12.1. The van der Waals surface area contributed by atoms with Gasteiger partial charge in [0, 0.05) is 17.1 Å². The second-order valence-electron chi connectivity index (χ2n) is 6.20. The molecular formula is C15H21BrN2O2. The molecule has 1 aliphatic rings. The molecule has 20 heavy (non-hydrogen) atoms. The van der Waals surface area contributed by atoms with Crippen LogP contribution in [-0.4, -0.2) is 29.2 Å². The number of rotatable bonds is 1. The molecule has 0 bridgehead atoms. The van der Waals surface area contributed by atoms with Crippen LogP contribution in [0.4, 0.5) is 4.79 Å². The van der Waals surface area contributed by atoms with Crippen LogP contribution in [0.5, 0.6) is 0 Å². The van der Waals surface area contributed by atoms with E-state index in [-0.39, 0.29) is 18.2 Å². The summed E-state index contributed by atoms with van der Waals surface area (Å²) in [4.78, 5) is 14.0. The molecule has 110 valence electrons.